The zero-order chi connectivity index (χ0) is 12.4. The van der Waals surface area contributed by atoms with Crippen molar-refractivity contribution in [2.24, 2.45) is 11.7 Å². The van der Waals surface area contributed by atoms with Gasteiger partial charge in [-0.15, -0.1) is 0 Å². The summed E-state index contributed by atoms with van der Waals surface area (Å²) in [4.78, 5) is 2.48. The molecule has 2 N–H and O–H groups in total. The predicted octanol–water partition coefficient (Wildman–Crippen LogP) is 3.07. The highest BCUT2D eigenvalue weighted by atomic mass is 35.5. The van der Waals surface area contributed by atoms with Gasteiger partial charge in [0.15, 0.2) is 0 Å². The fourth-order valence-corrected chi connectivity index (χ4v) is 2.90. The first-order chi connectivity index (χ1) is 8.09. The van der Waals surface area contributed by atoms with E-state index in [4.69, 9.17) is 17.3 Å². The fourth-order valence-electron chi connectivity index (χ4n) is 2.61. The summed E-state index contributed by atoms with van der Waals surface area (Å²) >= 11 is 6.25. The van der Waals surface area contributed by atoms with Crippen LogP contribution in [0.5, 0.6) is 0 Å². The molecule has 1 aliphatic rings. The monoisotopic (exact) mass is 252 g/mol. The summed E-state index contributed by atoms with van der Waals surface area (Å²) < 4.78 is 0. The van der Waals surface area contributed by atoms with Crippen LogP contribution in [-0.4, -0.2) is 24.0 Å². The van der Waals surface area contributed by atoms with Crippen molar-refractivity contribution in [2.75, 3.05) is 13.1 Å². The molecule has 0 radical (unpaired) electrons. The quantitative estimate of drug-likeness (QED) is 0.896. The third-order valence-electron chi connectivity index (χ3n) is 3.90. The van der Waals surface area contributed by atoms with Gasteiger partial charge >= 0.3 is 0 Å². The summed E-state index contributed by atoms with van der Waals surface area (Å²) in [7, 11) is 0. The minimum Gasteiger partial charge on any atom is -0.328 e. The maximum Gasteiger partial charge on any atom is 0.0453 e. The first-order valence-electron chi connectivity index (χ1n) is 6.33. The first-order valence-corrected chi connectivity index (χ1v) is 6.71. The molecule has 1 aromatic rings. The second-order valence-electron chi connectivity index (χ2n) is 5.10. The summed E-state index contributed by atoms with van der Waals surface area (Å²) in [5, 5.41) is 0.865. The van der Waals surface area contributed by atoms with Crippen LogP contribution in [0.25, 0.3) is 0 Å². The lowest BCUT2D eigenvalue weighted by molar-refractivity contribution is 0.248. The van der Waals surface area contributed by atoms with Crippen LogP contribution in [0, 0.1) is 5.92 Å². The SMILES string of the molecule is CC(N)C1CCN(C(C)c2ccccc2Cl)C1. The summed E-state index contributed by atoms with van der Waals surface area (Å²) in [6.45, 7) is 6.54. The average molecular weight is 253 g/mol. The van der Waals surface area contributed by atoms with E-state index in [1.165, 1.54) is 12.0 Å². The van der Waals surface area contributed by atoms with Crippen LogP contribution in [0.15, 0.2) is 24.3 Å². The molecule has 3 heteroatoms. The Morgan fingerprint density at radius 2 is 2.06 bits per heavy atom. The van der Waals surface area contributed by atoms with E-state index in [-0.39, 0.29) is 0 Å². The molecular weight excluding hydrogens is 232 g/mol. The molecule has 17 heavy (non-hydrogen) atoms. The van der Waals surface area contributed by atoms with E-state index in [1.54, 1.807) is 0 Å². The summed E-state index contributed by atoms with van der Waals surface area (Å²) in [5.74, 6) is 0.625. The highest BCUT2D eigenvalue weighted by Gasteiger charge is 2.29. The molecule has 1 aliphatic heterocycles. The summed E-state index contributed by atoms with van der Waals surface area (Å²) in [6, 6.07) is 8.79. The molecule has 94 valence electrons. The van der Waals surface area contributed by atoms with E-state index in [0.29, 0.717) is 18.0 Å². The molecular formula is C14H21ClN2. The number of nitrogens with zero attached hydrogens (tertiary/aromatic N) is 1. The van der Waals surface area contributed by atoms with Gasteiger partial charge in [-0.25, -0.2) is 0 Å². The lowest BCUT2D eigenvalue weighted by Crippen LogP contribution is -2.31. The van der Waals surface area contributed by atoms with Crippen molar-refractivity contribution in [3.8, 4) is 0 Å². The first kappa shape index (κ1) is 12.9. The van der Waals surface area contributed by atoms with Crippen LogP contribution in [0.1, 0.15) is 31.9 Å². The van der Waals surface area contributed by atoms with E-state index in [2.05, 4.69) is 30.9 Å². The molecule has 0 saturated carbocycles. The molecule has 3 atom stereocenters. The number of likely N-dealkylation sites (tertiary alicyclic amines) is 1. The Hall–Kier alpha value is -0.570. The Labute approximate surface area is 109 Å². The van der Waals surface area contributed by atoms with Gasteiger partial charge in [0.2, 0.25) is 0 Å². The topological polar surface area (TPSA) is 29.3 Å². The second kappa shape index (κ2) is 5.38. The number of rotatable bonds is 3. The van der Waals surface area contributed by atoms with Crippen molar-refractivity contribution in [3.63, 3.8) is 0 Å². The van der Waals surface area contributed by atoms with E-state index in [1.807, 2.05) is 12.1 Å². The minimum absolute atomic E-state index is 0.290. The van der Waals surface area contributed by atoms with Gasteiger partial charge in [0.05, 0.1) is 0 Å². The molecule has 0 aromatic heterocycles. The van der Waals surface area contributed by atoms with Gasteiger partial charge in [-0.05, 0) is 44.4 Å². The second-order valence-corrected chi connectivity index (χ2v) is 5.51. The molecule has 0 bridgehead atoms. The zero-order valence-corrected chi connectivity index (χ0v) is 11.3. The molecule has 0 aliphatic carbocycles. The Balaban J connectivity index is 2.07. The number of hydrogen-bond acceptors (Lipinski definition) is 2. The third kappa shape index (κ3) is 2.82. The van der Waals surface area contributed by atoms with E-state index >= 15 is 0 Å². The molecule has 1 heterocycles. The van der Waals surface area contributed by atoms with Crippen molar-refractivity contribution in [2.45, 2.75) is 32.4 Å². The Bertz CT molecular complexity index is 378. The van der Waals surface area contributed by atoms with E-state index in [0.717, 1.165) is 18.1 Å². The molecule has 1 fully saturated rings. The average Bonchev–Trinajstić information content (AvgIpc) is 2.78. The maximum atomic E-state index is 6.25. The number of nitrogens with two attached hydrogens (primary N) is 1. The number of halogens is 1. The van der Waals surface area contributed by atoms with Crippen LogP contribution in [0.4, 0.5) is 0 Å². The van der Waals surface area contributed by atoms with Crippen molar-refractivity contribution in [3.05, 3.63) is 34.9 Å². The standard InChI is InChI=1S/C14H21ClN2/c1-10(16)12-7-8-17(9-12)11(2)13-5-3-4-6-14(13)15/h3-6,10-12H,7-9,16H2,1-2H3. The van der Waals surface area contributed by atoms with Crippen LogP contribution < -0.4 is 5.73 Å². The zero-order valence-electron chi connectivity index (χ0n) is 10.6. The molecule has 0 spiro atoms. The number of hydrogen-bond donors (Lipinski definition) is 1. The summed E-state index contributed by atoms with van der Waals surface area (Å²) in [6.07, 6.45) is 1.20. The Morgan fingerprint density at radius 3 is 2.65 bits per heavy atom. The molecule has 2 rings (SSSR count). The minimum atomic E-state index is 0.290. The van der Waals surface area contributed by atoms with Gasteiger partial charge in [0.25, 0.3) is 0 Å². The third-order valence-corrected chi connectivity index (χ3v) is 4.25. The van der Waals surface area contributed by atoms with Gasteiger partial charge in [0, 0.05) is 23.7 Å². The predicted molar refractivity (Wildman–Crippen MR) is 73.2 cm³/mol. The lowest BCUT2D eigenvalue weighted by Gasteiger charge is -2.26. The van der Waals surface area contributed by atoms with Gasteiger partial charge in [0.1, 0.15) is 0 Å². The van der Waals surface area contributed by atoms with E-state index < -0.39 is 0 Å². The fraction of sp³-hybridized carbons (Fsp3) is 0.571. The molecule has 3 unspecified atom stereocenters. The van der Waals surface area contributed by atoms with Crippen LogP contribution in [-0.2, 0) is 0 Å². The van der Waals surface area contributed by atoms with Crippen LogP contribution >= 0.6 is 11.6 Å². The van der Waals surface area contributed by atoms with Crippen LogP contribution in [0.2, 0.25) is 5.02 Å². The summed E-state index contributed by atoms with van der Waals surface area (Å²) in [5.41, 5.74) is 7.20. The molecule has 1 aromatic carbocycles. The van der Waals surface area contributed by atoms with E-state index in [9.17, 15) is 0 Å². The van der Waals surface area contributed by atoms with Gasteiger partial charge < -0.3 is 5.73 Å². The Morgan fingerprint density at radius 1 is 1.35 bits per heavy atom. The smallest absolute Gasteiger partial charge is 0.0453 e. The van der Waals surface area contributed by atoms with Crippen molar-refractivity contribution in [1.29, 1.82) is 0 Å². The molecule has 0 amide bonds. The largest absolute Gasteiger partial charge is 0.328 e. The van der Waals surface area contributed by atoms with Crippen molar-refractivity contribution < 1.29 is 0 Å². The normalized spacial score (nSPS) is 24.8. The number of benzene rings is 1. The maximum absolute atomic E-state index is 6.25. The lowest BCUT2D eigenvalue weighted by atomic mass is 10.0. The van der Waals surface area contributed by atoms with Crippen LogP contribution in [0.3, 0.4) is 0 Å². The van der Waals surface area contributed by atoms with Gasteiger partial charge in [-0.3, -0.25) is 4.90 Å². The van der Waals surface area contributed by atoms with Gasteiger partial charge in [-0.1, -0.05) is 29.8 Å². The van der Waals surface area contributed by atoms with Gasteiger partial charge in [-0.2, -0.15) is 0 Å². The highest BCUT2D eigenvalue weighted by molar-refractivity contribution is 6.31. The Kier molecular flexibility index (Phi) is 4.08. The highest BCUT2D eigenvalue weighted by Crippen LogP contribution is 2.31. The molecule has 2 nitrogen and oxygen atoms in total. The molecule has 1 saturated heterocycles. The van der Waals surface area contributed by atoms with Crippen molar-refractivity contribution >= 4 is 11.6 Å². The van der Waals surface area contributed by atoms with Crippen molar-refractivity contribution in [1.82, 2.24) is 4.90 Å².